The minimum absolute atomic E-state index is 0.00362. The molecule has 4 heteroatoms. The minimum atomic E-state index is -0.918. The van der Waals surface area contributed by atoms with E-state index in [4.69, 9.17) is 4.74 Å². The van der Waals surface area contributed by atoms with Crippen LogP contribution in [0, 0.1) is 5.92 Å². The Morgan fingerprint density at radius 1 is 1.48 bits per heavy atom. The van der Waals surface area contributed by atoms with Crippen molar-refractivity contribution in [1.82, 2.24) is 5.32 Å². The number of amides is 1. The van der Waals surface area contributed by atoms with Crippen molar-refractivity contribution in [1.29, 1.82) is 0 Å². The van der Waals surface area contributed by atoms with Gasteiger partial charge in [0.2, 0.25) is 5.91 Å². The highest BCUT2D eigenvalue weighted by atomic mass is 16.5. The zero-order chi connectivity index (χ0) is 15.3. The SMILES string of the molecule is COCCCC(C)C(=O)NCC1(O)CCc2ccccc21. The van der Waals surface area contributed by atoms with Crippen LogP contribution in [0.4, 0.5) is 0 Å². The number of carbonyl (C=O) groups excluding carboxylic acids is 1. The summed E-state index contributed by atoms with van der Waals surface area (Å²) in [6.07, 6.45) is 3.21. The standard InChI is InChI=1S/C17H25NO3/c1-13(6-5-11-21-2)16(19)18-12-17(20)10-9-14-7-3-4-8-15(14)17/h3-4,7-8,13,20H,5-6,9-12H2,1-2H3,(H,18,19). The van der Waals surface area contributed by atoms with E-state index in [1.54, 1.807) is 7.11 Å². The van der Waals surface area contributed by atoms with Crippen molar-refractivity contribution in [2.45, 2.75) is 38.2 Å². The molecule has 1 aromatic carbocycles. The maximum absolute atomic E-state index is 12.1. The van der Waals surface area contributed by atoms with Crippen LogP contribution in [0.3, 0.4) is 0 Å². The van der Waals surface area contributed by atoms with Gasteiger partial charge >= 0.3 is 0 Å². The highest BCUT2D eigenvalue weighted by Crippen LogP contribution is 2.36. The second kappa shape index (κ2) is 7.05. The molecule has 2 unspecified atom stereocenters. The van der Waals surface area contributed by atoms with Gasteiger partial charge in [-0.25, -0.2) is 0 Å². The van der Waals surface area contributed by atoms with Crippen LogP contribution in [-0.4, -0.2) is 31.3 Å². The molecule has 1 aromatic rings. The van der Waals surface area contributed by atoms with E-state index >= 15 is 0 Å². The van der Waals surface area contributed by atoms with Gasteiger partial charge in [0.1, 0.15) is 5.60 Å². The number of benzene rings is 1. The fourth-order valence-electron chi connectivity index (χ4n) is 2.92. The number of nitrogens with one attached hydrogen (secondary N) is 1. The molecule has 2 rings (SSSR count). The summed E-state index contributed by atoms with van der Waals surface area (Å²) < 4.78 is 5.00. The Morgan fingerprint density at radius 3 is 3.00 bits per heavy atom. The largest absolute Gasteiger partial charge is 0.385 e. The first-order chi connectivity index (χ1) is 10.1. The van der Waals surface area contributed by atoms with Crippen LogP contribution in [0.1, 0.15) is 37.3 Å². The molecule has 4 nitrogen and oxygen atoms in total. The number of hydrogen-bond acceptors (Lipinski definition) is 3. The molecule has 0 fully saturated rings. The maximum Gasteiger partial charge on any atom is 0.222 e. The number of methoxy groups -OCH3 is 1. The highest BCUT2D eigenvalue weighted by molar-refractivity contribution is 5.78. The lowest BCUT2D eigenvalue weighted by Crippen LogP contribution is -2.41. The van der Waals surface area contributed by atoms with Gasteiger partial charge in [-0.3, -0.25) is 4.79 Å². The van der Waals surface area contributed by atoms with Gasteiger partial charge in [-0.15, -0.1) is 0 Å². The maximum atomic E-state index is 12.1. The summed E-state index contributed by atoms with van der Waals surface area (Å²) in [6.45, 7) is 2.88. The number of rotatable bonds is 7. The molecule has 2 N–H and O–H groups in total. The molecule has 0 aromatic heterocycles. The van der Waals surface area contributed by atoms with E-state index in [-0.39, 0.29) is 18.4 Å². The molecule has 0 spiro atoms. The number of carbonyl (C=O) groups is 1. The molecule has 2 atom stereocenters. The lowest BCUT2D eigenvalue weighted by Gasteiger charge is -2.25. The Kier molecular flexibility index (Phi) is 5.37. The number of aryl methyl sites for hydroxylation is 1. The summed E-state index contributed by atoms with van der Waals surface area (Å²) >= 11 is 0. The van der Waals surface area contributed by atoms with Crippen LogP contribution < -0.4 is 5.32 Å². The quantitative estimate of drug-likeness (QED) is 0.755. The molecular weight excluding hydrogens is 266 g/mol. The van der Waals surface area contributed by atoms with Crippen LogP contribution in [0.2, 0.25) is 0 Å². The Labute approximate surface area is 126 Å². The summed E-state index contributed by atoms with van der Waals surface area (Å²) in [7, 11) is 1.66. The number of aliphatic hydroxyl groups is 1. The topological polar surface area (TPSA) is 58.6 Å². The number of hydrogen-bond donors (Lipinski definition) is 2. The first kappa shape index (κ1) is 16.0. The third-order valence-electron chi connectivity index (χ3n) is 4.31. The molecular formula is C17H25NO3. The molecule has 21 heavy (non-hydrogen) atoms. The van der Waals surface area contributed by atoms with Crippen molar-refractivity contribution in [3.8, 4) is 0 Å². The van der Waals surface area contributed by atoms with E-state index in [0.29, 0.717) is 13.0 Å². The predicted octanol–water partition coefficient (Wildman–Crippen LogP) is 2.00. The predicted molar refractivity (Wildman–Crippen MR) is 81.9 cm³/mol. The first-order valence-electron chi connectivity index (χ1n) is 7.64. The van der Waals surface area contributed by atoms with Crippen molar-refractivity contribution in [3.63, 3.8) is 0 Å². The summed E-state index contributed by atoms with van der Waals surface area (Å²) in [5.41, 5.74) is 1.22. The monoisotopic (exact) mass is 291 g/mol. The molecule has 0 saturated heterocycles. The van der Waals surface area contributed by atoms with Crippen LogP contribution in [0.5, 0.6) is 0 Å². The van der Waals surface area contributed by atoms with E-state index in [1.807, 2.05) is 31.2 Å². The smallest absolute Gasteiger partial charge is 0.222 e. The molecule has 0 radical (unpaired) electrons. The zero-order valence-electron chi connectivity index (χ0n) is 12.9. The van der Waals surface area contributed by atoms with Gasteiger partial charge in [-0.2, -0.15) is 0 Å². The molecule has 0 heterocycles. The van der Waals surface area contributed by atoms with Crippen molar-refractivity contribution >= 4 is 5.91 Å². The summed E-state index contributed by atoms with van der Waals surface area (Å²) in [4.78, 5) is 12.1. The molecule has 1 amide bonds. The number of ether oxygens (including phenoxy) is 1. The molecule has 0 bridgehead atoms. The van der Waals surface area contributed by atoms with E-state index in [9.17, 15) is 9.90 Å². The summed E-state index contributed by atoms with van der Waals surface area (Å²) in [6, 6.07) is 7.92. The Balaban J connectivity index is 1.87. The Morgan fingerprint density at radius 2 is 2.24 bits per heavy atom. The van der Waals surface area contributed by atoms with Crippen molar-refractivity contribution in [2.75, 3.05) is 20.3 Å². The van der Waals surface area contributed by atoms with Crippen LogP contribution in [0.25, 0.3) is 0 Å². The average molecular weight is 291 g/mol. The second-order valence-corrected chi connectivity index (χ2v) is 5.94. The third kappa shape index (κ3) is 3.83. The van der Waals surface area contributed by atoms with Crippen LogP contribution in [-0.2, 0) is 21.6 Å². The normalized spacial score (nSPS) is 21.9. The third-order valence-corrected chi connectivity index (χ3v) is 4.31. The summed E-state index contributed by atoms with van der Waals surface area (Å²) in [5, 5.41) is 13.7. The molecule has 0 aliphatic heterocycles. The summed E-state index contributed by atoms with van der Waals surface area (Å²) in [5.74, 6) is -0.0516. The average Bonchev–Trinajstić information content (AvgIpc) is 2.83. The van der Waals surface area contributed by atoms with Gasteiger partial charge in [0, 0.05) is 19.6 Å². The van der Waals surface area contributed by atoms with Gasteiger partial charge in [0.05, 0.1) is 6.54 Å². The van der Waals surface area contributed by atoms with Crippen molar-refractivity contribution in [2.24, 2.45) is 5.92 Å². The molecule has 1 aliphatic rings. The second-order valence-electron chi connectivity index (χ2n) is 5.94. The lowest BCUT2D eigenvalue weighted by atomic mass is 9.95. The highest BCUT2D eigenvalue weighted by Gasteiger charge is 2.36. The molecule has 0 saturated carbocycles. The Bertz CT molecular complexity index is 489. The van der Waals surface area contributed by atoms with E-state index in [1.165, 1.54) is 5.56 Å². The van der Waals surface area contributed by atoms with Gasteiger partial charge in [-0.05, 0) is 36.8 Å². The zero-order valence-corrected chi connectivity index (χ0v) is 12.9. The van der Waals surface area contributed by atoms with Gasteiger partial charge in [0.15, 0.2) is 0 Å². The number of fused-ring (bicyclic) bond motifs is 1. The molecule has 1 aliphatic carbocycles. The minimum Gasteiger partial charge on any atom is -0.385 e. The Hall–Kier alpha value is -1.39. The van der Waals surface area contributed by atoms with Crippen LogP contribution in [0.15, 0.2) is 24.3 Å². The van der Waals surface area contributed by atoms with E-state index < -0.39 is 5.60 Å². The van der Waals surface area contributed by atoms with Crippen LogP contribution >= 0.6 is 0 Å². The fraction of sp³-hybridized carbons (Fsp3) is 0.588. The lowest BCUT2D eigenvalue weighted by molar-refractivity contribution is -0.126. The molecule has 116 valence electrons. The van der Waals surface area contributed by atoms with Gasteiger partial charge in [0.25, 0.3) is 0 Å². The van der Waals surface area contributed by atoms with E-state index in [2.05, 4.69) is 5.32 Å². The fourth-order valence-corrected chi connectivity index (χ4v) is 2.92. The van der Waals surface area contributed by atoms with E-state index in [0.717, 1.165) is 24.8 Å². The van der Waals surface area contributed by atoms with Gasteiger partial charge < -0.3 is 15.2 Å². The van der Waals surface area contributed by atoms with Crippen molar-refractivity contribution in [3.05, 3.63) is 35.4 Å². The van der Waals surface area contributed by atoms with Gasteiger partial charge in [-0.1, -0.05) is 31.2 Å². The van der Waals surface area contributed by atoms with Crippen molar-refractivity contribution < 1.29 is 14.6 Å². The first-order valence-corrected chi connectivity index (χ1v) is 7.64.